The van der Waals surface area contributed by atoms with Crippen molar-refractivity contribution in [2.75, 3.05) is 7.11 Å². The van der Waals surface area contributed by atoms with E-state index in [0.29, 0.717) is 24.1 Å². The number of methoxy groups -OCH3 is 1. The van der Waals surface area contributed by atoms with E-state index in [2.05, 4.69) is 10.3 Å². The van der Waals surface area contributed by atoms with E-state index in [0.717, 1.165) is 12.8 Å². The van der Waals surface area contributed by atoms with E-state index in [-0.39, 0.29) is 17.7 Å². The molecule has 5 nitrogen and oxygen atoms in total. The van der Waals surface area contributed by atoms with E-state index < -0.39 is 5.54 Å². The van der Waals surface area contributed by atoms with Crippen LogP contribution in [0.3, 0.4) is 0 Å². The molecule has 5 rings (SSSR count). The number of Topliss-reactive ketones (excluding diaryl/α,β-unsaturated/α-hetero) is 1. The molecule has 2 bridgehead atoms. The zero-order valence-corrected chi connectivity index (χ0v) is 12.7. The molecule has 0 aromatic carbocycles. The van der Waals surface area contributed by atoms with Gasteiger partial charge < -0.3 is 4.74 Å². The van der Waals surface area contributed by atoms with E-state index >= 15 is 0 Å². The lowest BCUT2D eigenvalue weighted by Gasteiger charge is -2.55. The Morgan fingerprint density at radius 1 is 1.27 bits per heavy atom. The van der Waals surface area contributed by atoms with Crippen LogP contribution in [0.4, 0.5) is 0 Å². The number of nitrogens with zero attached hydrogens (tertiary/aromatic N) is 1. The van der Waals surface area contributed by atoms with Gasteiger partial charge in [0.15, 0.2) is 5.78 Å². The van der Waals surface area contributed by atoms with Crippen LogP contribution < -0.4 is 5.32 Å². The van der Waals surface area contributed by atoms with Gasteiger partial charge in [0, 0.05) is 12.2 Å². The topological polar surface area (TPSA) is 68.3 Å². The number of carbonyl (C=O) groups is 2. The number of pyridine rings is 1. The summed E-state index contributed by atoms with van der Waals surface area (Å²) in [5, 5.41) is 3.26. The van der Waals surface area contributed by atoms with Gasteiger partial charge in [0.1, 0.15) is 11.2 Å². The second kappa shape index (κ2) is 4.88. The number of ketones is 1. The predicted molar refractivity (Wildman–Crippen MR) is 79.6 cm³/mol. The van der Waals surface area contributed by atoms with Crippen LogP contribution in [0, 0.1) is 5.92 Å². The van der Waals surface area contributed by atoms with Gasteiger partial charge in [0.2, 0.25) is 0 Å². The summed E-state index contributed by atoms with van der Waals surface area (Å²) in [6.07, 6.45) is 6.58. The number of carbonyl (C=O) groups excluding carboxylic acids is 2. The smallest absolute Gasteiger partial charge is 0.326 e. The van der Waals surface area contributed by atoms with Crippen LogP contribution in [0.1, 0.15) is 54.1 Å². The van der Waals surface area contributed by atoms with E-state index in [9.17, 15) is 9.59 Å². The lowest BCUT2D eigenvalue weighted by atomic mass is 9.62. The minimum Gasteiger partial charge on any atom is -0.468 e. The molecule has 3 atom stereocenters. The first-order chi connectivity index (χ1) is 10.6. The Hall–Kier alpha value is -1.75. The molecule has 0 amide bonds. The minimum atomic E-state index is -0.828. The first-order valence-corrected chi connectivity index (χ1v) is 8.00. The summed E-state index contributed by atoms with van der Waals surface area (Å²) in [6.45, 7) is 0. The fraction of sp³-hybridized carbons (Fsp3) is 0.588. The Labute approximate surface area is 129 Å². The van der Waals surface area contributed by atoms with Gasteiger partial charge in [0.25, 0.3) is 0 Å². The summed E-state index contributed by atoms with van der Waals surface area (Å²) in [7, 11) is 1.38. The highest BCUT2D eigenvalue weighted by Crippen LogP contribution is 2.45. The molecule has 3 heterocycles. The van der Waals surface area contributed by atoms with Crippen molar-refractivity contribution >= 4 is 11.8 Å². The van der Waals surface area contributed by atoms with Crippen LogP contribution in [0.25, 0.3) is 0 Å². The van der Waals surface area contributed by atoms with Gasteiger partial charge in [0.05, 0.1) is 13.0 Å². The fourth-order valence-electron chi connectivity index (χ4n) is 3.97. The quantitative estimate of drug-likeness (QED) is 0.678. The van der Waals surface area contributed by atoms with Crippen molar-refractivity contribution in [2.24, 2.45) is 5.92 Å². The number of ether oxygens (including phenoxy) is 1. The molecule has 22 heavy (non-hydrogen) atoms. The summed E-state index contributed by atoms with van der Waals surface area (Å²) in [6, 6.07) is 4.15. The van der Waals surface area contributed by atoms with Crippen LogP contribution >= 0.6 is 0 Å². The minimum absolute atomic E-state index is 0.0432. The van der Waals surface area contributed by atoms with Gasteiger partial charge in [-0.15, -0.1) is 0 Å². The van der Waals surface area contributed by atoms with Gasteiger partial charge in [-0.25, -0.2) is 0 Å². The Morgan fingerprint density at radius 3 is 2.64 bits per heavy atom. The first kappa shape index (κ1) is 13.9. The van der Waals surface area contributed by atoms with E-state index in [1.807, 2.05) is 18.3 Å². The fourth-order valence-corrected chi connectivity index (χ4v) is 3.97. The molecule has 2 aliphatic heterocycles. The van der Waals surface area contributed by atoms with Crippen LogP contribution in [0.2, 0.25) is 0 Å². The van der Waals surface area contributed by atoms with Crippen molar-refractivity contribution in [3.05, 3.63) is 29.6 Å². The van der Waals surface area contributed by atoms with Gasteiger partial charge in [-0.1, -0.05) is 6.07 Å². The zero-order chi connectivity index (χ0) is 15.3. The standard InChI is InChI=1S/C17H20N2O3/c1-22-16(21)17-8-12(19-17)5-6-13(17)15(20)14-7-4-11(9-18-14)10-2-3-10/h4,7,9-10,12-13,19H,2-3,5-6,8H2,1H3. The Bertz CT molecular complexity index is 615. The van der Waals surface area contributed by atoms with Crippen molar-refractivity contribution in [3.8, 4) is 0 Å². The molecule has 1 aromatic heterocycles. The molecule has 116 valence electrons. The summed E-state index contributed by atoms with van der Waals surface area (Å²) < 4.78 is 4.93. The Kier molecular flexibility index (Phi) is 3.08. The summed E-state index contributed by atoms with van der Waals surface area (Å²) in [5.74, 6) is -0.110. The third-order valence-electron chi connectivity index (χ3n) is 5.38. The molecule has 1 aromatic rings. The maximum atomic E-state index is 12.8. The highest BCUT2D eigenvalue weighted by atomic mass is 16.5. The van der Waals surface area contributed by atoms with Gasteiger partial charge in [-0.05, 0) is 49.7 Å². The van der Waals surface area contributed by atoms with Crippen molar-refractivity contribution in [1.29, 1.82) is 0 Å². The SMILES string of the molecule is COC(=O)C12CC(CCC1C(=O)c1ccc(C3CC3)cn1)N2. The third kappa shape index (κ3) is 1.99. The highest BCUT2D eigenvalue weighted by molar-refractivity contribution is 6.01. The van der Waals surface area contributed by atoms with E-state index in [1.165, 1.54) is 25.5 Å². The number of hydrogen-bond acceptors (Lipinski definition) is 5. The monoisotopic (exact) mass is 300 g/mol. The number of esters is 1. The lowest BCUT2D eigenvalue weighted by molar-refractivity contribution is -0.160. The molecule has 4 aliphatic rings. The average Bonchev–Trinajstić information content (AvgIpc) is 3.37. The van der Waals surface area contributed by atoms with Gasteiger partial charge >= 0.3 is 5.97 Å². The zero-order valence-electron chi connectivity index (χ0n) is 12.7. The molecule has 2 saturated carbocycles. The number of aromatic nitrogens is 1. The van der Waals surface area contributed by atoms with Crippen LogP contribution in [-0.2, 0) is 9.53 Å². The molecular formula is C17H20N2O3. The van der Waals surface area contributed by atoms with E-state index in [4.69, 9.17) is 4.74 Å². The molecular weight excluding hydrogens is 280 g/mol. The summed E-state index contributed by atoms with van der Waals surface area (Å²) in [4.78, 5) is 29.4. The van der Waals surface area contributed by atoms with Crippen molar-refractivity contribution < 1.29 is 14.3 Å². The molecule has 0 spiro atoms. The molecule has 0 radical (unpaired) electrons. The maximum absolute atomic E-state index is 12.8. The summed E-state index contributed by atoms with van der Waals surface area (Å²) in [5.41, 5.74) is 0.848. The number of nitrogens with one attached hydrogen (secondary N) is 1. The normalized spacial score (nSPS) is 33.0. The molecule has 2 saturated heterocycles. The number of piperidine rings is 1. The highest BCUT2D eigenvalue weighted by Gasteiger charge is 2.61. The van der Waals surface area contributed by atoms with Crippen LogP contribution in [0.15, 0.2) is 18.3 Å². The first-order valence-electron chi connectivity index (χ1n) is 8.00. The number of fused-ring (bicyclic) bond motifs is 2. The second-order valence-electron chi connectivity index (χ2n) is 6.75. The summed E-state index contributed by atoms with van der Waals surface area (Å²) >= 11 is 0. The maximum Gasteiger partial charge on any atom is 0.326 e. The molecule has 2 aliphatic carbocycles. The average molecular weight is 300 g/mol. The van der Waals surface area contributed by atoms with Crippen LogP contribution in [0.5, 0.6) is 0 Å². The Morgan fingerprint density at radius 2 is 2.05 bits per heavy atom. The van der Waals surface area contributed by atoms with Crippen molar-refractivity contribution in [3.63, 3.8) is 0 Å². The van der Waals surface area contributed by atoms with Crippen LogP contribution in [-0.4, -0.2) is 35.4 Å². The second-order valence-corrected chi connectivity index (χ2v) is 6.75. The molecule has 4 fully saturated rings. The largest absolute Gasteiger partial charge is 0.468 e. The van der Waals surface area contributed by atoms with Gasteiger partial charge in [-0.3, -0.25) is 19.9 Å². The molecule has 5 heteroatoms. The Balaban J connectivity index is 1.58. The number of rotatable bonds is 4. The molecule has 1 N–H and O–H groups in total. The van der Waals surface area contributed by atoms with E-state index in [1.54, 1.807) is 0 Å². The van der Waals surface area contributed by atoms with Crippen molar-refractivity contribution in [2.45, 2.75) is 49.6 Å². The van der Waals surface area contributed by atoms with Crippen molar-refractivity contribution in [1.82, 2.24) is 10.3 Å². The predicted octanol–water partition coefficient (Wildman–Crippen LogP) is 1.83. The lowest BCUT2D eigenvalue weighted by Crippen LogP contribution is -2.75. The number of hydrogen-bond donors (Lipinski definition) is 1. The van der Waals surface area contributed by atoms with Gasteiger partial charge in [-0.2, -0.15) is 0 Å². The third-order valence-corrected chi connectivity index (χ3v) is 5.38. The molecule has 3 unspecified atom stereocenters.